The first-order valence-electron chi connectivity index (χ1n) is 10.8. The second-order valence-electron chi connectivity index (χ2n) is 8.28. The predicted octanol–water partition coefficient (Wildman–Crippen LogP) is 4.97. The zero-order valence-corrected chi connectivity index (χ0v) is 19.4. The van der Waals surface area contributed by atoms with Gasteiger partial charge in [0.05, 0.1) is 31.2 Å². The summed E-state index contributed by atoms with van der Waals surface area (Å²) in [6, 6.07) is 14.4. The molecule has 5 rings (SSSR count). The van der Waals surface area contributed by atoms with Gasteiger partial charge in [0.1, 0.15) is 5.82 Å². The van der Waals surface area contributed by atoms with E-state index < -0.39 is 17.8 Å². The van der Waals surface area contributed by atoms with Crippen molar-refractivity contribution < 1.29 is 23.5 Å². The molecule has 2 heterocycles. The van der Waals surface area contributed by atoms with Gasteiger partial charge in [-0.05, 0) is 59.5 Å². The molecule has 0 bridgehead atoms. The van der Waals surface area contributed by atoms with Crippen LogP contribution in [0, 0.1) is 5.82 Å². The van der Waals surface area contributed by atoms with Crippen LogP contribution in [-0.2, 0) is 11.2 Å². The normalized spacial score (nSPS) is 18.5. The third-order valence-corrected chi connectivity index (χ3v) is 6.78. The molecule has 0 fully saturated rings. The number of rotatable bonds is 4. The lowest BCUT2D eigenvalue weighted by molar-refractivity contribution is -0.119. The number of halogens is 2. The van der Waals surface area contributed by atoms with Gasteiger partial charge < -0.3 is 19.7 Å². The van der Waals surface area contributed by atoms with Gasteiger partial charge in [0, 0.05) is 17.8 Å². The Hall–Kier alpha value is -3.58. The smallest absolute Gasteiger partial charge is 0.254 e. The van der Waals surface area contributed by atoms with Crippen LogP contribution in [-0.4, -0.2) is 37.5 Å². The zero-order valence-electron chi connectivity index (χ0n) is 18.6. The van der Waals surface area contributed by atoms with E-state index in [2.05, 4.69) is 5.32 Å². The van der Waals surface area contributed by atoms with Gasteiger partial charge in [0.2, 0.25) is 5.91 Å². The molecule has 0 saturated heterocycles. The van der Waals surface area contributed by atoms with E-state index in [-0.39, 0.29) is 16.8 Å². The second-order valence-corrected chi connectivity index (χ2v) is 8.69. The fourth-order valence-corrected chi connectivity index (χ4v) is 5.11. The number of fused-ring (bicyclic) bond motifs is 4. The first-order chi connectivity index (χ1) is 16.4. The highest BCUT2D eigenvalue weighted by Gasteiger charge is 2.46. The van der Waals surface area contributed by atoms with Crippen molar-refractivity contribution in [1.82, 2.24) is 4.90 Å². The van der Waals surface area contributed by atoms with Gasteiger partial charge in [-0.15, -0.1) is 0 Å². The number of carbonyl (C=O) groups is 2. The SMILES string of the molecule is COc1cc2c(cc1OC)[C@H]1[C@H](C(=O)Nc3ccc(F)c(Cl)c3)c3ccccc3C(=O)N1CC2. The fraction of sp³-hybridized carbons (Fsp3) is 0.231. The number of benzene rings is 3. The van der Waals surface area contributed by atoms with Gasteiger partial charge in [-0.2, -0.15) is 0 Å². The lowest BCUT2D eigenvalue weighted by Gasteiger charge is -2.45. The molecule has 174 valence electrons. The standard InChI is InChI=1S/C26H22ClFN2O4/c1-33-21-11-14-9-10-30-24(18(14)13-22(21)34-2)23(16-5-3-4-6-17(16)26(30)32)25(31)29-15-7-8-20(28)19(27)12-15/h3-8,11-13,23-24H,9-10H2,1-2H3,(H,29,31)/t23-,24+/m1/s1. The number of amides is 2. The topological polar surface area (TPSA) is 67.9 Å². The third kappa shape index (κ3) is 3.56. The Morgan fingerprint density at radius 3 is 2.53 bits per heavy atom. The highest BCUT2D eigenvalue weighted by molar-refractivity contribution is 6.31. The summed E-state index contributed by atoms with van der Waals surface area (Å²) in [5.41, 5.74) is 3.35. The molecular weight excluding hydrogens is 459 g/mol. The van der Waals surface area contributed by atoms with Crippen LogP contribution in [0.5, 0.6) is 11.5 Å². The maximum atomic E-state index is 13.7. The number of ether oxygens (including phenoxy) is 2. The van der Waals surface area contributed by atoms with Gasteiger partial charge in [0.15, 0.2) is 11.5 Å². The highest BCUT2D eigenvalue weighted by atomic mass is 35.5. The fourth-order valence-electron chi connectivity index (χ4n) is 4.93. The molecule has 1 N–H and O–H groups in total. The van der Waals surface area contributed by atoms with Gasteiger partial charge in [-0.1, -0.05) is 29.8 Å². The zero-order chi connectivity index (χ0) is 24.0. The molecule has 0 aromatic heterocycles. The van der Waals surface area contributed by atoms with E-state index in [9.17, 15) is 14.0 Å². The quantitative estimate of drug-likeness (QED) is 0.572. The molecule has 2 aliphatic rings. The van der Waals surface area contributed by atoms with E-state index >= 15 is 0 Å². The molecule has 0 unspecified atom stereocenters. The summed E-state index contributed by atoms with van der Waals surface area (Å²) in [5.74, 6) is -0.579. The van der Waals surface area contributed by atoms with Crippen LogP contribution < -0.4 is 14.8 Å². The van der Waals surface area contributed by atoms with Gasteiger partial charge in [-0.25, -0.2) is 4.39 Å². The lowest BCUT2D eigenvalue weighted by atomic mass is 9.75. The number of hydrogen-bond acceptors (Lipinski definition) is 4. The monoisotopic (exact) mass is 480 g/mol. The number of nitrogens with zero attached hydrogens (tertiary/aromatic N) is 1. The second kappa shape index (κ2) is 8.65. The van der Waals surface area contributed by atoms with Crippen molar-refractivity contribution in [1.29, 1.82) is 0 Å². The Bertz CT molecular complexity index is 1310. The van der Waals surface area contributed by atoms with Crippen molar-refractivity contribution in [3.8, 4) is 11.5 Å². The molecule has 0 saturated carbocycles. The molecule has 34 heavy (non-hydrogen) atoms. The number of methoxy groups -OCH3 is 2. The lowest BCUT2D eigenvalue weighted by Crippen LogP contribution is -2.49. The van der Waals surface area contributed by atoms with Gasteiger partial charge in [-0.3, -0.25) is 9.59 Å². The van der Waals surface area contributed by atoms with E-state index in [1.54, 1.807) is 31.3 Å². The minimum atomic E-state index is -0.699. The molecule has 2 aliphatic heterocycles. The van der Waals surface area contributed by atoms with Crippen LogP contribution in [0.15, 0.2) is 54.6 Å². The van der Waals surface area contributed by atoms with E-state index in [4.69, 9.17) is 21.1 Å². The largest absolute Gasteiger partial charge is 0.493 e. The molecule has 0 aliphatic carbocycles. The summed E-state index contributed by atoms with van der Waals surface area (Å²) in [6.45, 7) is 0.465. The van der Waals surface area contributed by atoms with Crippen molar-refractivity contribution in [2.45, 2.75) is 18.4 Å². The summed E-state index contributed by atoms with van der Waals surface area (Å²) in [5, 5.41) is 2.78. The molecule has 0 radical (unpaired) electrons. The summed E-state index contributed by atoms with van der Waals surface area (Å²) < 4.78 is 24.6. The maximum absolute atomic E-state index is 13.7. The van der Waals surface area contributed by atoms with Crippen molar-refractivity contribution >= 4 is 29.1 Å². The molecule has 6 nitrogen and oxygen atoms in total. The molecule has 3 aromatic rings. The summed E-state index contributed by atoms with van der Waals surface area (Å²) >= 11 is 5.92. The number of anilines is 1. The average Bonchev–Trinajstić information content (AvgIpc) is 2.85. The van der Waals surface area contributed by atoms with Crippen LogP contribution in [0.25, 0.3) is 0 Å². The van der Waals surface area contributed by atoms with Crippen molar-refractivity contribution in [2.24, 2.45) is 0 Å². The van der Waals surface area contributed by atoms with E-state index in [0.29, 0.717) is 41.3 Å². The predicted molar refractivity (Wildman–Crippen MR) is 126 cm³/mol. The molecule has 3 aromatic carbocycles. The molecular formula is C26H22ClFN2O4. The van der Waals surface area contributed by atoms with Crippen molar-refractivity contribution in [3.63, 3.8) is 0 Å². The number of hydrogen-bond donors (Lipinski definition) is 1. The maximum Gasteiger partial charge on any atom is 0.254 e. The van der Waals surface area contributed by atoms with Crippen LogP contribution >= 0.6 is 11.6 Å². The van der Waals surface area contributed by atoms with E-state index in [1.165, 1.54) is 18.2 Å². The van der Waals surface area contributed by atoms with E-state index in [0.717, 1.165) is 11.1 Å². The molecule has 2 amide bonds. The first-order valence-corrected chi connectivity index (χ1v) is 11.2. The van der Waals surface area contributed by atoms with Crippen LogP contribution in [0.2, 0.25) is 5.02 Å². The molecule has 8 heteroatoms. The van der Waals surface area contributed by atoms with Crippen LogP contribution in [0.4, 0.5) is 10.1 Å². The van der Waals surface area contributed by atoms with Gasteiger partial charge in [0.25, 0.3) is 5.91 Å². The Labute approximate surface area is 201 Å². The van der Waals surface area contributed by atoms with E-state index in [1.807, 2.05) is 24.3 Å². The molecule has 2 atom stereocenters. The Kier molecular flexibility index (Phi) is 5.65. The first kappa shape index (κ1) is 22.2. The summed E-state index contributed by atoms with van der Waals surface area (Å²) in [7, 11) is 3.12. The summed E-state index contributed by atoms with van der Waals surface area (Å²) in [6.07, 6.45) is 0.627. The van der Waals surface area contributed by atoms with Crippen LogP contribution in [0.1, 0.15) is 39.0 Å². The Balaban J connectivity index is 1.64. The van der Waals surface area contributed by atoms with Crippen molar-refractivity contribution in [2.75, 3.05) is 26.1 Å². The van der Waals surface area contributed by atoms with Gasteiger partial charge >= 0.3 is 0 Å². The average molecular weight is 481 g/mol. The number of nitrogens with one attached hydrogen (secondary N) is 1. The third-order valence-electron chi connectivity index (χ3n) is 6.49. The van der Waals surface area contributed by atoms with Crippen LogP contribution in [0.3, 0.4) is 0 Å². The summed E-state index contributed by atoms with van der Waals surface area (Å²) in [4.78, 5) is 28.9. The Morgan fingerprint density at radius 1 is 1.06 bits per heavy atom. The minimum Gasteiger partial charge on any atom is -0.493 e. The minimum absolute atomic E-state index is 0.0847. The van der Waals surface area contributed by atoms with Crippen molar-refractivity contribution in [3.05, 3.63) is 87.7 Å². The molecule has 0 spiro atoms. The Morgan fingerprint density at radius 2 is 1.79 bits per heavy atom. The highest BCUT2D eigenvalue weighted by Crippen LogP contribution is 2.48. The number of carbonyl (C=O) groups excluding carboxylic acids is 2.